The van der Waals surface area contributed by atoms with Crippen molar-refractivity contribution in [3.05, 3.63) is 32.6 Å². The van der Waals surface area contributed by atoms with E-state index in [1.54, 1.807) is 6.08 Å². The lowest BCUT2D eigenvalue weighted by atomic mass is 10.2. The topological polar surface area (TPSA) is 57.6 Å². The largest absolute Gasteiger partial charge is 0.505 e. The second kappa shape index (κ2) is 6.73. The molecule has 0 atom stereocenters. The Bertz CT molecular complexity index is 608. The molecule has 0 bridgehead atoms. The number of hydrogen-bond acceptors (Lipinski definition) is 4. The molecule has 0 saturated carbocycles. The summed E-state index contributed by atoms with van der Waals surface area (Å²) in [5, 5.41) is 9.43. The van der Waals surface area contributed by atoms with Gasteiger partial charge in [-0.15, -0.1) is 0 Å². The van der Waals surface area contributed by atoms with Gasteiger partial charge in [-0.1, -0.05) is 36.5 Å². The zero-order valence-electron chi connectivity index (χ0n) is 11.2. The van der Waals surface area contributed by atoms with Crippen LogP contribution in [0.1, 0.15) is 25.3 Å². The van der Waals surface area contributed by atoms with Crippen LogP contribution in [0.4, 0.5) is 4.79 Å². The van der Waals surface area contributed by atoms with Crippen LogP contribution in [0.15, 0.2) is 17.0 Å². The SMILES string of the molecule is CCCCN1C(=O)S/C(=C\c2cc(Cl)c(O)c(Cl)c2)C1=O. The minimum atomic E-state index is -0.307. The van der Waals surface area contributed by atoms with Gasteiger partial charge in [-0.05, 0) is 42.0 Å². The van der Waals surface area contributed by atoms with Crippen LogP contribution in [0.5, 0.6) is 5.75 Å². The summed E-state index contributed by atoms with van der Waals surface area (Å²) in [6, 6.07) is 2.98. The highest BCUT2D eigenvalue weighted by atomic mass is 35.5. The molecule has 0 unspecified atom stereocenters. The van der Waals surface area contributed by atoms with E-state index in [0.717, 1.165) is 24.6 Å². The minimum absolute atomic E-state index is 0.0963. The highest BCUT2D eigenvalue weighted by Crippen LogP contribution is 2.36. The Morgan fingerprint density at radius 1 is 1.29 bits per heavy atom. The third-order valence-corrected chi connectivity index (χ3v) is 4.43. The molecule has 1 fully saturated rings. The van der Waals surface area contributed by atoms with E-state index >= 15 is 0 Å². The Morgan fingerprint density at radius 3 is 2.48 bits per heavy atom. The van der Waals surface area contributed by atoms with E-state index in [0.29, 0.717) is 17.0 Å². The Hall–Kier alpha value is -1.17. The van der Waals surface area contributed by atoms with E-state index in [2.05, 4.69) is 0 Å². The van der Waals surface area contributed by atoms with Crippen LogP contribution < -0.4 is 0 Å². The van der Waals surface area contributed by atoms with Gasteiger partial charge in [0.05, 0.1) is 15.0 Å². The number of benzene rings is 1. The fraction of sp³-hybridized carbons (Fsp3) is 0.286. The van der Waals surface area contributed by atoms with Crippen molar-refractivity contribution in [1.82, 2.24) is 4.90 Å². The highest BCUT2D eigenvalue weighted by Gasteiger charge is 2.34. The molecule has 112 valence electrons. The lowest BCUT2D eigenvalue weighted by molar-refractivity contribution is -0.122. The maximum atomic E-state index is 12.2. The second-order valence-electron chi connectivity index (χ2n) is 4.52. The van der Waals surface area contributed by atoms with E-state index in [1.165, 1.54) is 17.0 Å². The van der Waals surface area contributed by atoms with Crippen LogP contribution in [0, 0.1) is 0 Å². The maximum absolute atomic E-state index is 12.2. The van der Waals surface area contributed by atoms with Crippen molar-refractivity contribution in [2.75, 3.05) is 6.54 Å². The molecule has 4 nitrogen and oxygen atoms in total. The van der Waals surface area contributed by atoms with Crippen molar-refractivity contribution in [3.8, 4) is 5.75 Å². The summed E-state index contributed by atoms with van der Waals surface area (Å²) in [5.74, 6) is -0.509. The van der Waals surface area contributed by atoms with Crippen LogP contribution in [-0.2, 0) is 4.79 Å². The van der Waals surface area contributed by atoms with Crippen molar-refractivity contribution >= 4 is 52.2 Å². The van der Waals surface area contributed by atoms with E-state index in [1.807, 2.05) is 6.92 Å². The van der Waals surface area contributed by atoms with Crippen molar-refractivity contribution in [1.29, 1.82) is 0 Å². The third kappa shape index (κ3) is 3.54. The lowest BCUT2D eigenvalue weighted by Crippen LogP contribution is -2.29. The fourth-order valence-electron chi connectivity index (χ4n) is 1.83. The summed E-state index contributed by atoms with van der Waals surface area (Å²) in [6.45, 7) is 2.42. The number of rotatable bonds is 4. The first-order valence-electron chi connectivity index (χ1n) is 6.37. The summed E-state index contributed by atoms with van der Waals surface area (Å²) >= 11 is 12.6. The van der Waals surface area contributed by atoms with Gasteiger partial charge in [0, 0.05) is 6.54 Å². The summed E-state index contributed by atoms with van der Waals surface area (Å²) in [5.41, 5.74) is 0.559. The maximum Gasteiger partial charge on any atom is 0.293 e. The standard InChI is InChI=1S/C14H13Cl2NO3S/c1-2-3-4-17-13(19)11(21-14(17)20)7-8-5-9(15)12(18)10(16)6-8/h5-7,18H,2-4H2,1H3/b11-7-. The number of carbonyl (C=O) groups excluding carboxylic acids is 2. The molecule has 7 heteroatoms. The zero-order valence-corrected chi connectivity index (χ0v) is 13.6. The van der Waals surface area contributed by atoms with Gasteiger partial charge in [0.25, 0.3) is 11.1 Å². The number of nitrogens with zero attached hydrogens (tertiary/aromatic N) is 1. The van der Waals surface area contributed by atoms with Gasteiger partial charge in [0.15, 0.2) is 5.75 Å². The van der Waals surface area contributed by atoms with Gasteiger partial charge < -0.3 is 5.11 Å². The third-order valence-electron chi connectivity index (χ3n) is 2.95. The van der Waals surface area contributed by atoms with E-state index in [-0.39, 0.29) is 26.9 Å². The van der Waals surface area contributed by atoms with Gasteiger partial charge in [-0.2, -0.15) is 0 Å². The van der Waals surface area contributed by atoms with E-state index < -0.39 is 0 Å². The van der Waals surface area contributed by atoms with Crippen LogP contribution in [-0.4, -0.2) is 27.7 Å². The second-order valence-corrected chi connectivity index (χ2v) is 6.33. The molecule has 0 aromatic heterocycles. The summed E-state index contributed by atoms with van der Waals surface area (Å²) in [6.07, 6.45) is 3.24. The molecule has 21 heavy (non-hydrogen) atoms. The highest BCUT2D eigenvalue weighted by molar-refractivity contribution is 8.18. The van der Waals surface area contributed by atoms with Crippen molar-refractivity contribution < 1.29 is 14.7 Å². The molecule has 1 aromatic carbocycles. The van der Waals surface area contributed by atoms with Crippen molar-refractivity contribution in [3.63, 3.8) is 0 Å². The molecule has 0 radical (unpaired) electrons. The molecule has 2 amide bonds. The zero-order chi connectivity index (χ0) is 15.6. The molecule has 2 rings (SSSR count). The molecule has 1 N–H and O–H groups in total. The molecule has 1 heterocycles. The monoisotopic (exact) mass is 345 g/mol. The van der Waals surface area contributed by atoms with Gasteiger partial charge in [-0.25, -0.2) is 0 Å². The van der Waals surface area contributed by atoms with Crippen LogP contribution >= 0.6 is 35.0 Å². The van der Waals surface area contributed by atoms with Crippen LogP contribution in [0.3, 0.4) is 0 Å². The Balaban J connectivity index is 2.26. The fourth-order valence-corrected chi connectivity index (χ4v) is 3.20. The number of phenols is 1. The number of aromatic hydroxyl groups is 1. The quantitative estimate of drug-likeness (QED) is 0.814. The minimum Gasteiger partial charge on any atom is -0.505 e. The Kier molecular flexibility index (Phi) is 5.19. The van der Waals surface area contributed by atoms with Crippen LogP contribution in [0.25, 0.3) is 6.08 Å². The normalized spacial score (nSPS) is 17.1. The molecular weight excluding hydrogens is 333 g/mol. The molecule has 1 aromatic rings. The molecular formula is C14H13Cl2NO3S. The number of halogens is 2. The number of unbranched alkanes of at least 4 members (excludes halogenated alkanes) is 1. The van der Waals surface area contributed by atoms with Crippen LogP contribution in [0.2, 0.25) is 10.0 Å². The average molecular weight is 346 g/mol. The van der Waals surface area contributed by atoms with E-state index in [4.69, 9.17) is 23.2 Å². The molecule has 1 aliphatic rings. The number of hydrogen-bond donors (Lipinski definition) is 1. The van der Waals surface area contributed by atoms with Gasteiger partial charge in [0.2, 0.25) is 0 Å². The molecule has 0 spiro atoms. The predicted molar refractivity (Wildman–Crippen MR) is 85.7 cm³/mol. The molecule has 1 saturated heterocycles. The lowest BCUT2D eigenvalue weighted by Gasteiger charge is -2.10. The summed E-state index contributed by atoms with van der Waals surface area (Å²) < 4.78 is 0. The van der Waals surface area contributed by atoms with Crippen molar-refractivity contribution in [2.24, 2.45) is 0 Å². The number of thioether (sulfide) groups is 1. The predicted octanol–water partition coefficient (Wildman–Crippen LogP) is 4.54. The molecule has 1 aliphatic heterocycles. The van der Waals surface area contributed by atoms with E-state index in [9.17, 15) is 14.7 Å². The summed E-state index contributed by atoms with van der Waals surface area (Å²) in [7, 11) is 0. The number of amides is 2. The number of phenolic OH excluding ortho intramolecular Hbond substituents is 1. The summed E-state index contributed by atoms with van der Waals surface area (Å²) in [4.78, 5) is 25.5. The first kappa shape index (κ1) is 16.2. The van der Waals surface area contributed by atoms with Gasteiger partial charge in [0.1, 0.15) is 0 Å². The van der Waals surface area contributed by atoms with Gasteiger partial charge in [-0.3, -0.25) is 14.5 Å². The number of imide groups is 1. The number of carbonyl (C=O) groups is 2. The molecule has 0 aliphatic carbocycles. The smallest absolute Gasteiger partial charge is 0.293 e. The first-order valence-corrected chi connectivity index (χ1v) is 7.94. The average Bonchev–Trinajstić information content (AvgIpc) is 2.69. The first-order chi connectivity index (χ1) is 9.93. The van der Waals surface area contributed by atoms with Crippen molar-refractivity contribution in [2.45, 2.75) is 19.8 Å². The Labute approximate surface area is 136 Å². The van der Waals surface area contributed by atoms with Gasteiger partial charge >= 0.3 is 0 Å². The Morgan fingerprint density at radius 2 is 1.90 bits per heavy atom.